The molecule has 3 N–H and O–H groups in total. The van der Waals surface area contributed by atoms with Crippen molar-refractivity contribution in [3.63, 3.8) is 0 Å². The maximum Gasteiger partial charge on any atom is 0.320 e. The van der Waals surface area contributed by atoms with Crippen LogP contribution in [0.25, 0.3) is 0 Å². The molecule has 0 aliphatic heterocycles. The van der Waals surface area contributed by atoms with E-state index in [4.69, 9.17) is 10.8 Å². The van der Waals surface area contributed by atoms with Gasteiger partial charge in [0.05, 0.1) is 0 Å². The van der Waals surface area contributed by atoms with E-state index in [0.29, 0.717) is 6.42 Å². The predicted octanol–water partition coefficient (Wildman–Crippen LogP) is 2.45. The Labute approximate surface area is 112 Å². The molecule has 1 aromatic rings. The summed E-state index contributed by atoms with van der Waals surface area (Å²) in [5.41, 5.74) is 9.24. The second-order valence-electron chi connectivity index (χ2n) is 4.63. The molecule has 0 aromatic heterocycles. The van der Waals surface area contributed by atoms with Crippen molar-refractivity contribution in [3.05, 3.63) is 71.3 Å². The fraction of sp³-hybridized carbons (Fsp3) is 0.188. The molecule has 2 bridgehead atoms. The third kappa shape index (κ3) is 3.93. The van der Waals surface area contributed by atoms with Gasteiger partial charge in [0.2, 0.25) is 0 Å². The number of aliphatic carboxylic acids is 1. The highest BCUT2D eigenvalue weighted by molar-refractivity contribution is 5.73. The van der Waals surface area contributed by atoms with E-state index < -0.39 is 12.0 Å². The average Bonchev–Trinajstić information content (AvgIpc) is 3.05. The highest BCUT2D eigenvalue weighted by atomic mass is 16.4. The lowest BCUT2D eigenvalue weighted by Crippen LogP contribution is -2.32. The molecule has 0 radical (unpaired) electrons. The summed E-state index contributed by atoms with van der Waals surface area (Å²) in [4.78, 5) is 10.4. The molecule has 0 amide bonds. The van der Waals surface area contributed by atoms with Gasteiger partial charge >= 0.3 is 5.97 Å². The van der Waals surface area contributed by atoms with Gasteiger partial charge in [-0.1, -0.05) is 54.6 Å². The lowest BCUT2D eigenvalue weighted by atomic mass is 10.1. The molecule has 0 saturated heterocycles. The number of carbonyl (C=O) groups is 1. The predicted molar refractivity (Wildman–Crippen MR) is 75.7 cm³/mol. The van der Waals surface area contributed by atoms with Gasteiger partial charge in [-0.15, -0.1) is 0 Å². The minimum Gasteiger partial charge on any atom is -0.480 e. The Morgan fingerprint density at radius 3 is 2.11 bits per heavy atom. The number of benzene rings is 1. The number of carboxylic acids is 1. The summed E-state index contributed by atoms with van der Waals surface area (Å²) in [6.45, 7) is 0. The van der Waals surface area contributed by atoms with Crippen LogP contribution in [0.2, 0.25) is 0 Å². The van der Waals surface area contributed by atoms with Crippen LogP contribution in [0.5, 0.6) is 0 Å². The molecule has 3 heteroatoms. The van der Waals surface area contributed by atoms with E-state index in [0.717, 1.165) is 5.56 Å². The van der Waals surface area contributed by atoms with Crippen LogP contribution in [0.1, 0.15) is 12.0 Å². The van der Waals surface area contributed by atoms with Gasteiger partial charge in [-0.3, -0.25) is 4.79 Å². The molecule has 0 spiro atoms. The fourth-order valence-corrected chi connectivity index (χ4v) is 1.97. The number of rotatable bonds is 3. The fourth-order valence-electron chi connectivity index (χ4n) is 1.97. The SMILES string of the molecule is C1=CC2=CC=C1C2.NC(Cc1ccccc1)C(=O)O. The Hall–Kier alpha value is -2.13. The van der Waals surface area contributed by atoms with E-state index >= 15 is 0 Å². The first-order valence-corrected chi connectivity index (χ1v) is 6.25. The summed E-state index contributed by atoms with van der Waals surface area (Å²) in [5, 5.41) is 8.52. The molecule has 1 atom stereocenters. The van der Waals surface area contributed by atoms with Crippen molar-refractivity contribution in [2.24, 2.45) is 5.73 Å². The summed E-state index contributed by atoms with van der Waals surface area (Å²) >= 11 is 0. The van der Waals surface area contributed by atoms with Gasteiger partial charge in [0.25, 0.3) is 0 Å². The second kappa shape index (κ2) is 6.16. The third-order valence-electron chi connectivity index (χ3n) is 3.05. The van der Waals surface area contributed by atoms with E-state index in [1.165, 1.54) is 17.6 Å². The molecule has 98 valence electrons. The van der Waals surface area contributed by atoms with Gasteiger partial charge in [0.1, 0.15) is 6.04 Å². The maximum absolute atomic E-state index is 10.4. The van der Waals surface area contributed by atoms with Gasteiger partial charge in [0.15, 0.2) is 0 Å². The summed E-state index contributed by atoms with van der Waals surface area (Å²) in [7, 11) is 0. The first kappa shape index (κ1) is 13.3. The Morgan fingerprint density at radius 2 is 1.74 bits per heavy atom. The van der Waals surface area contributed by atoms with E-state index in [1.54, 1.807) is 0 Å². The van der Waals surface area contributed by atoms with Crippen LogP contribution in [0, 0.1) is 0 Å². The highest BCUT2D eigenvalue weighted by Crippen LogP contribution is 2.27. The summed E-state index contributed by atoms with van der Waals surface area (Å²) in [6, 6.07) is 8.54. The Morgan fingerprint density at radius 1 is 1.16 bits per heavy atom. The van der Waals surface area contributed by atoms with Crippen molar-refractivity contribution >= 4 is 5.97 Å². The van der Waals surface area contributed by atoms with Gasteiger partial charge in [0, 0.05) is 0 Å². The molecule has 1 aromatic carbocycles. The van der Waals surface area contributed by atoms with Crippen LogP contribution in [0.15, 0.2) is 65.8 Å². The van der Waals surface area contributed by atoms with Crippen molar-refractivity contribution in [2.45, 2.75) is 18.9 Å². The lowest BCUT2D eigenvalue weighted by Gasteiger charge is -2.04. The number of fused-ring (bicyclic) bond motifs is 2. The number of allylic oxidation sites excluding steroid dienone is 6. The molecular formula is C16H17NO2. The van der Waals surface area contributed by atoms with E-state index in [9.17, 15) is 4.79 Å². The van der Waals surface area contributed by atoms with Crippen LogP contribution in [-0.2, 0) is 11.2 Å². The Balaban J connectivity index is 0.000000159. The van der Waals surface area contributed by atoms with Crippen LogP contribution >= 0.6 is 0 Å². The Kier molecular flexibility index (Phi) is 4.31. The molecule has 1 unspecified atom stereocenters. The second-order valence-corrected chi connectivity index (χ2v) is 4.63. The van der Waals surface area contributed by atoms with Crippen molar-refractivity contribution in [1.82, 2.24) is 0 Å². The number of nitrogens with two attached hydrogens (primary N) is 1. The van der Waals surface area contributed by atoms with Crippen LogP contribution in [0.3, 0.4) is 0 Å². The summed E-state index contributed by atoms with van der Waals surface area (Å²) in [6.07, 6.45) is 10.3. The first-order chi connectivity index (χ1) is 9.15. The molecule has 2 aliphatic carbocycles. The minimum atomic E-state index is -0.959. The maximum atomic E-state index is 10.4. The van der Waals surface area contributed by atoms with Crippen molar-refractivity contribution in [2.75, 3.05) is 0 Å². The summed E-state index contributed by atoms with van der Waals surface area (Å²) < 4.78 is 0. The van der Waals surface area contributed by atoms with Crippen LogP contribution in [-0.4, -0.2) is 17.1 Å². The molecule has 0 fully saturated rings. The molecule has 0 heterocycles. The van der Waals surface area contributed by atoms with Crippen molar-refractivity contribution in [3.8, 4) is 0 Å². The zero-order chi connectivity index (χ0) is 13.7. The van der Waals surface area contributed by atoms with E-state index in [-0.39, 0.29) is 0 Å². The molecule has 0 saturated carbocycles. The minimum absolute atomic E-state index is 0.385. The molecular weight excluding hydrogens is 238 g/mol. The van der Waals surface area contributed by atoms with Gasteiger partial charge < -0.3 is 10.8 Å². The van der Waals surface area contributed by atoms with E-state index in [2.05, 4.69) is 24.3 Å². The first-order valence-electron chi connectivity index (χ1n) is 6.25. The topological polar surface area (TPSA) is 63.3 Å². The molecule has 3 rings (SSSR count). The van der Waals surface area contributed by atoms with Crippen molar-refractivity contribution < 1.29 is 9.90 Å². The standard InChI is InChI=1S/C9H11NO2.C7H6/c10-8(9(11)12)6-7-4-2-1-3-5-7;1-2-7-4-3-6(1)5-7/h1-5,8H,6,10H2,(H,11,12);1-4H,5H2. The Bertz CT molecular complexity index is 521. The highest BCUT2D eigenvalue weighted by Gasteiger charge is 2.11. The molecule has 3 nitrogen and oxygen atoms in total. The number of hydrogen-bond acceptors (Lipinski definition) is 2. The quantitative estimate of drug-likeness (QED) is 0.872. The smallest absolute Gasteiger partial charge is 0.320 e. The molecule has 2 aliphatic rings. The monoisotopic (exact) mass is 255 g/mol. The largest absolute Gasteiger partial charge is 0.480 e. The van der Waals surface area contributed by atoms with Gasteiger partial charge in [-0.25, -0.2) is 0 Å². The molecule has 19 heavy (non-hydrogen) atoms. The average molecular weight is 255 g/mol. The van der Waals surface area contributed by atoms with Crippen LogP contribution in [0.4, 0.5) is 0 Å². The number of hydrogen-bond donors (Lipinski definition) is 2. The zero-order valence-electron chi connectivity index (χ0n) is 10.6. The lowest BCUT2D eigenvalue weighted by molar-refractivity contribution is -0.138. The zero-order valence-corrected chi connectivity index (χ0v) is 10.6. The summed E-state index contributed by atoms with van der Waals surface area (Å²) in [5.74, 6) is -0.959. The third-order valence-corrected chi connectivity index (χ3v) is 3.05. The van der Waals surface area contributed by atoms with Crippen molar-refractivity contribution in [1.29, 1.82) is 0 Å². The van der Waals surface area contributed by atoms with Gasteiger partial charge in [-0.05, 0) is 29.6 Å². The van der Waals surface area contributed by atoms with E-state index in [1.807, 2.05) is 30.3 Å². The van der Waals surface area contributed by atoms with Crippen LogP contribution < -0.4 is 5.73 Å². The normalized spacial score (nSPS) is 16.3. The number of carboxylic acid groups (broad SMARTS) is 1. The van der Waals surface area contributed by atoms with Gasteiger partial charge in [-0.2, -0.15) is 0 Å².